The van der Waals surface area contributed by atoms with Crippen LogP contribution in [0.1, 0.15) is 41.3 Å². The van der Waals surface area contributed by atoms with Crippen LogP contribution in [0.4, 0.5) is 16.3 Å². The normalized spacial score (nSPS) is 12.7. The molecule has 5 rings (SSSR count). The maximum Gasteiger partial charge on any atom is 0.441 e. The summed E-state index contributed by atoms with van der Waals surface area (Å²) in [6.07, 6.45) is 2.48. The summed E-state index contributed by atoms with van der Waals surface area (Å²) < 4.78 is 11.5. The number of aromatic nitrogens is 2. The van der Waals surface area contributed by atoms with Crippen molar-refractivity contribution in [1.29, 1.82) is 0 Å². The Morgan fingerprint density at radius 3 is 2.46 bits per heavy atom. The number of hydrogen-bond donors (Lipinski definition) is 4. The number of amidine groups is 1. The molecule has 0 atom stereocenters. The molecule has 46 heavy (non-hydrogen) atoms. The Balaban J connectivity index is 1.29. The highest BCUT2D eigenvalue weighted by atomic mass is 16.5. The van der Waals surface area contributed by atoms with Crippen LogP contribution in [0.15, 0.2) is 88.8 Å². The molecule has 3 aromatic carbocycles. The van der Waals surface area contributed by atoms with Crippen molar-refractivity contribution in [3.8, 4) is 17.0 Å². The minimum atomic E-state index is -0.850. The molecule has 13 nitrogen and oxygen atoms in total. The van der Waals surface area contributed by atoms with Gasteiger partial charge >= 0.3 is 12.1 Å². The first kappa shape index (κ1) is 31.4. The molecule has 6 N–H and O–H groups in total. The lowest BCUT2D eigenvalue weighted by Crippen LogP contribution is -2.34. The standard InChI is InChI=1S/C33H33N7O6/c1-2-45-32(43)23-14-22(15-24(34)16-23)27-18-37-30(38-25-12-13-25)31(42)40(27)19-28(41)36-17-20-8-10-21(11-9-20)29(35)39-33(44)46-26-6-4-3-5-7-26/h3-11,14-16,18,25H,2,12-13,17,19,34H2,1H3,(H,36,41)(H,37,38)(H2,35,39,44). The van der Waals surface area contributed by atoms with Crippen molar-refractivity contribution >= 4 is 35.3 Å². The predicted octanol–water partition coefficient (Wildman–Crippen LogP) is 3.46. The summed E-state index contributed by atoms with van der Waals surface area (Å²) in [6, 6.07) is 20.1. The smallest absolute Gasteiger partial charge is 0.441 e. The van der Waals surface area contributed by atoms with Gasteiger partial charge in [-0.1, -0.05) is 42.5 Å². The van der Waals surface area contributed by atoms with Gasteiger partial charge in [0.15, 0.2) is 5.82 Å². The molecule has 0 radical (unpaired) electrons. The third kappa shape index (κ3) is 8.14. The number of carbonyl (C=O) groups excluding carboxylic acids is 3. The van der Waals surface area contributed by atoms with E-state index in [0.717, 1.165) is 18.4 Å². The number of nitrogens with zero attached hydrogens (tertiary/aromatic N) is 3. The van der Waals surface area contributed by atoms with Gasteiger partial charge in [-0.15, -0.1) is 0 Å². The number of nitrogens with two attached hydrogens (primary N) is 2. The topological polar surface area (TPSA) is 193 Å². The zero-order valence-electron chi connectivity index (χ0n) is 25.1. The lowest BCUT2D eigenvalue weighted by Gasteiger charge is -2.16. The third-order valence-electron chi connectivity index (χ3n) is 6.94. The number of esters is 1. The number of benzene rings is 3. The van der Waals surface area contributed by atoms with Crippen molar-refractivity contribution < 1.29 is 23.9 Å². The van der Waals surface area contributed by atoms with Crippen molar-refractivity contribution in [2.24, 2.45) is 10.7 Å². The first-order chi connectivity index (χ1) is 22.2. The molecule has 0 unspecified atom stereocenters. The molecule has 0 saturated heterocycles. The number of ether oxygens (including phenoxy) is 2. The van der Waals surface area contributed by atoms with E-state index in [1.54, 1.807) is 73.7 Å². The summed E-state index contributed by atoms with van der Waals surface area (Å²) in [5.41, 5.74) is 14.0. The average Bonchev–Trinajstić information content (AvgIpc) is 3.86. The van der Waals surface area contributed by atoms with Gasteiger partial charge in [-0.25, -0.2) is 14.6 Å². The predicted molar refractivity (Wildman–Crippen MR) is 172 cm³/mol. The van der Waals surface area contributed by atoms with Crippen molar-refractivity contribution in [2.45, 2.75) is 38.9 Å². The highest BCUT2D eigenvalue weighted by Gasteiger charge is 2.24. The fourth-order valence-corrected chi connectivity index (χ4v) is 4.50. The van der Waals surface area contributed by atoms with Crippen LogP contribution in [0.2, 0.25) is 0 Å². The third-order valence-corrected chi connectivity index (χ3v) is 6.94. The summed E-state index contributed by atoms with van der Waals surface area (Å²) in [6.45, 7) is 1.71. The van der Waals surface area contributed by atoms with Crippen LogP contribution in [0.25, 0.3) is 11.3 Å². The minimum Gasteiger partial charge on any atom is -0.462 e. The molecule has 13 heteroatoms. The Kier molecular flexibility index (Phi) is 9.71. The first-order valence-corrected chi connectivity index (χ1v) is 14.6. The molecule has 4 aromatic rings. The average molecular weight is 624 g/mol. The highest BCUT2D eigenvalue weighted by Crippen LogP contribution is 2.26. The van der Waals surface area contributed by atoms with Crippen LogP contribution in [0.5, 0.6) is 5.75 Å². The lowest BCUT2D eigenvalue weighted by atomic mass is 10.1. The van der Waals surface area contributed by atoms with Crippen LogP contribution >= 0.6 is 0 Å². The number of carbonyl (C=O) groups is 3. The monoisotopic (exact) mass is 623 g/mol. The summed E-state index contributed by atoms with van der Waals surface area (Å²) in [5, 5.41) is 5.92. The van der Waals surface area contributed by atoms with Crippen LogP contribution in [0.3, 0.4) is 0 Å². The van der Waals surface area contributed by atoms with E-state index < -0.39 is 23.5 Å². The number of nitrogens with one attached hydrogen (secondary N) is 2. The molecule has 1 aliphatic carbocycles. The minimum absolute atomic E-state index is 0.0237. The molecule has 0 bridgehead atoms. The van der Waals surface area contributed by atoms with Gasteiger partial charge in [-0.05, 0) is 55.7 Å². The fourth-order valence-electron chi connectivity index (χ4n) is 4.50. The molecule has 236 valence electrons. The van der Waals surface area contributed by atoms with E-state index in [-0.39, 0.29) is 48.6 Å². The number of amides is 2. The Bertz CT molecular complexity index is 1830. The summed E-state index contributed by atoms with van der Waals surface area (Å²) in [4.78, 5) is 59.3. The number of aliphatic imine (C=N–C) groups is 1. The van der Waals surface area contributed by atoms with Gasteiger partial charge in [0.2, 0.25) is 5.91 Å². The zero-order chi connectivity index (χ0) is 32.6. The van der Waals surface area contributed by atoms with Gasteiger partial charge in [-0.3, -0.25) is 14.2 Å². The van der Waals surface area contributed by atoms with Crippen molar-refractivity contribution in [2.75, 3.05) is 17.7 Å². The number of nitrogen functional groups attached to an aromatic ring is 1. The van der Waals surface area contributed by atoms with Gasteiger partial charge in [0.25, 0.3) is 5.56 Å². The molecule has 2 amide bonds. The number of anilines is 2. The van der Waals surface area contributed by atoms with Crippen LogP contribution < -0.4 is 32.4 Å². The van der Waals surface area contributed by atoms with Gasteiger partial charge in [0.1, 0.15) is 18.1 Å². The van der Waals surface area contributed by atoms with Crippen LogP contribution in [-0.2, 0) is 22.6 Å². The summed E-state index contributed by atoms with van der Waals surface area (Å²) in [7, 11) is 0. The quantitative estimate of drug-likeness (QED) is 0.0832. The molecule has 0 aliphatic heterocycles. The fraction of sp³-hybridized carbons (Fsp3) is 0.212. The number of para-hydroxylation sites is 1. The van der Waals surface area contributed by atoms with E-state index in [2.05, 4.69) is 20.6 Å². The molecule has 1 heterocycles. The van der Waals surface area contributed by atoms with Gasteiger partial charge in [0, 0.05) is 29.4 Å². The number of hydrogen-bond acceptors (Lipinski definition) is 9. The van der Waals surface area contributed by atoms with Crippen LogP contribution in [0, 0.1) is 0 Å². The Morgan fingerprint density at radius 2 is 1.76 bits per heavy atom. The van der Waals surface area contributed by atoms with E-state index >= 15 is 0 Å². The summed E-state index contributed by atoms with van der Waals surface area (Å²) >= 11 is 0. The van der Waals surface area contributed by atoms with Gasteiger partial charge in [0.05, 0.1) is 24.1 Å². The van der Waals surface area contributed by atoms with Crippen molar-refractivity contribution in [3.05, 3.63) is 106 Å². The molecular weight excluding hydrogens is 590 g/mol. The van der Waals surface area contributed by atoms with E-state index in [1.807, 2.05) is 0 Å². The van der Waals surface area contributed by atoms with E-state index in [1.165, 1.54) is 16.8 Å². The highest BCUT2D eigenvalue weighted by molar-refractivity contribution is 6.03. The molecule has 1 aromatic heterocycles. The van der Waals surface area contributed by atoms with Gasteiger partial charge in [-0.2, -0.15) is 4.99 Å². The van der Waals surface area contributed by atoms with E-state index in [0.29, 0.717) is 22.6 Å². The van der Waals surface area contributed by atoms with Gasteiger partial charge < -0.3 is 31.6 Å². The number of rotatable bonds is 11. The maximum absolute atomic E-state index is 13.5. The Morgan fingerprint density at radius 1 is 1.02 bits per heavy atom. The van der Waals surface area contributed by atoms with Crippen LogP contribution in [-0.4, -0.2) is 46.0 Å². The zero-order valence-corrected chi connectivity index (χ0v) is 25.1. The molecule has 1 saturated carbocycles. The molecule has 1 fully saturated rings. The SMILES string of the molecule is CCOC(=O)c1cc(N)cc(-c2cnc(NC3CC3)c(=O)n2CC(=O)NCc2ccc(/C(N)=N/C(=O)Oc3ccccc3)cc2)c1. The molecule has 0 spiro atoms. The Labute approximate surface area is 264 Å². The van der Waals surface area contributed by atoms with Crippen molar-refractivity contribution in [1.82, 2.24) is 14.9 Å². The van der Waals surface area contributed by atoms with E-state index in [4.69, 9.17) is 20.9 Å². The second-order valence-corrected chi connectivity index (χ2v) is 10.5. The first-order valence-electron chi connectivity index (χ1n) is 14.6. The second kappa shape index (κ2) is 14.2. The lowest BCUT2D eigenvalue weighted by molar-refractivity contribution is -0.121. The summed E-state index contributed by atoms with van der Waals surface area (Å²) in [5.74, 6) is -0.537. The molecule has 1 aliphatic rings. The second-order valence-electron chi connectivity index (χ2n) is 10.5. The Hall–Kier alpha value is -5.98. The maximum atomic E-state index is 13.5. The van der Waals surface area contributed by atoms with Crippen molar-refractivity contribution in [3.63, 3.8) is 0 Å². The molecular formula is C33H33N7O6. The van der Waals surface area contributed by atoms with E-state index in [9.17, 15) is 19.2 Å². The largest absolute Gasteiger partial charge is 0.462 e.